The summed E-state index contributed by atoms with van der Waals surface area (Å²) in [7, 11) is 0. The van der Waals surface area contributed by atoms with Gasteiger partial charge in [-0.2, -0.15) is 17.6 Å². The first kappa shape index (κ1) is 26.0. The fourth-order valence-electron chi connectivity index (χ4n) is 3.53. The molecule has 3 nitrogen and oxygen atoms in total. The SMILES string of the molecule is CC.FC(F)C(F)(F)Oc1cccc(C2CCc3c(cccc3Oc3cccc(Cl)c3Cl)N2)c1. The molecule has 1 unspecified atom stereocenters. The van der Waals surface area contributed by atoms with Crippen LogP contribution >= 0.6 is 23.2 Å². The molecule has 0 saturated carbocycles. The van der Waals surface area contributed by atoms with Gasteiger partial charge in [-0.05, 0) is 54.8 Å². The number of alkyl halides is 4. The summed E-state index contributed by atoms with van der Waals surface area (Å²) in [6, 6.07) is 16.2. The summed E-state index contributed by atoms with van der Waals surface area (Å²) in [6.07, 6.45) is -7.23. The summed E-state index contributed by atoms with van der Waals surface area (Å²) >= 11 is 12.3. The van der Waals surface area contributed by atoms with Gasteiger partial charge in [0.15, 0.2) is 0 Å². The Morgan fingerprint density at radius 3 is 2.38 bits per heavy atom. The smallest absolute Gasteiger partial charge is 0.455 e. The first-order valence-corrected chi connectivity index (χ1v) is 11.5. The number of hydrogen-bond donors (Lipinski definition) is 1. The van der Waals surface area contributed by atoms with Gasteiger partial charge in [0, 0.05) is 11.3 Å². The van der Waals surface area contributed by atoms with Crippen LogP contribution in [0.15, 0.2) is 60.7 Å². The minimum Gasteiger partial charge on any atom is -0.455 e. The second kappa shape index (κ2) is 11.2. The predicted molar refractivity (Wildman–Crippen MR) is 127 cm³/mol. The van der Waals surface area contributed by atoms with Crippen molar-refractivity contribution in [3.8, 4) is 17.2 Å². The maximum Gasteiger partial charge on any atom is 0.461 e. The maximum atomic E-state index is 13.3. The Kier molecular flexibility index (Phi) is 8.55. The first-order valence-electron chi connectivity index (χ1n) is 10.7. The average Bonchev–Trinajstić information content (AvgIpc) is 2.83. The largest absolute Gasteiger partial charge is 0.461 e. The summed E-state index contributed by atoms with van der Waals surface area (Å²) in [5.41, 5.74) is 2.37. The van der Waals surface area contributed by atoms with E-state index >= 15 is 0 Å². The van der Waals surface area contributed by atoms with Gasteiger partial charge < -0.3 is 14.8 Å². The van der Waals surface area contributed by atoms with Crippen molar-refractivity contribution in [3.05, 3.63) is 81.8 Å². The van der Waals surface area contributed by atoms with E-state index in [-0.39, 0.29) is 11.8 Å². The minimum absolute atomic E-state index is 0.226. The standard InChI is InChI=1S/C23H17Cl2F4NO2.C2H6/c24-16-6-2-9-20(21(16)25)31-19-8-3-7-18-15(19)10-11-17(30-18)13-4-1-5-14(12-13)32-23(28,29)22(26)27;1-2/h1-9,12,17,22,30H,10-11H2;1-2H3. The Morgan fingerprint density at radius 2 is 1.65 bits per heavy atom. The molecule has 1 N–H and O–H groups in total. The first-order chi connectivity index (χ1) is 16.2. The van der Waals surface area contributed by atoms with E-state index in [1.807, 2.05) is 32.0 Å². The molecule has 1 atom stereocenters. The van der Waals surface area contributed by atoms with Gasteiger partial charge in [-0.15, -0.1) is 0 Å². The van der Waals surface area contributed by atoms with Crippen molar-refractivity contribution >= 4 is 28.9 Å². The number of nitrogens with one attached hydrogen (secondary N) is 1. The van der Waals surface area contributed by atoms with Crippen LogP contribution in [0.1, 0.15) is 37.4 Å². The Hall–Kier alpha value is -2.64. The molecular weight excluding hydrogens is 493 g/mol. The van der Waals surface area contributed by atoms with Crippen molar-refractivity contribution in [1.82, 2.24) is 0 Å². The summed E-state index contributed by atoms with van der Waals surface area (Å²) in [4.78, 5) is 0. The third-order valence-electron chi connectivity index (χ3n) is 5.05. The second-order valence-corrected chi connectivity index (χ2v) is 7.99. The lowest BCUT2D eigenvalue weighted by Crippen LogP contribution is -2.33. The fourth-order valence-corrected chi connectivity index (χ4v) is 3.86. The molecule has 0 radical (unpaired) electrons. The fraction of sp³-hybridized carbons (Fsp3) is 0.280. The number of rotatable bonds is 6. The van der Waals surface area contributed by atoms with Gasteiger partial charge in [-0.25, -0.2) is 0 Å². The molecule has 0 aromatic heterocycles. The molecule has 0 spiro atoms. The molecule has 1 aliphatic heterocycles. The quantitative estimate of drug-likeness (QED) is 0.332. The predicted octanol–water partition coefficient (Wildman–Crippen LogP) is 9.15. The van der Waals surface area contributed by atoms with E-state index in [1.54, 1.807) is 24.3 Å². The maximum absolute atomic E-state index is 13.3. The summed E-state index contributed by atoms with van der Waals surface area (Å²) in [5, 5.41) is 4.04. The monoisotopic (exact) mass is 515 g/mol. The van der Waals surface area contributed by atoms with Gasteiger partial charge in [-0.1, -0.05) is 61.3 Å². The van der Waals surface area contributed by atoms with E-state index < -0.39 is 12.5 Å². The summed E-state index contributed by atoms with van der Waals surface area (Å²) < 4.78 is 61.6. The molecule has 1 aliphatic rings. The number of ether oxygens (including phenoxy) is 2. The van der Waals surface area contributed by atoms with Crippen LogP contribution in [0.25, 0.3) is 0 Å². The molecule has 182 valence electrons. The van der Waals surface area contributed by atoms with Crippen LogP contribution in [0.3, 0.4) is 0 Å². The molecule has 34 heavy (non-hydrogen) atoms. The number of anilines is 1. The van der Waals surface area contributed by atoms with Crippen LogP contribution in [-0.4, -0.2) is 12.5 Å². The minimum atomic E-state index is -4.56. The van der Waals surface area contributed by atoms with Crippen LogP contribution in [-0.2, 0) is 6.42 Å². The number of halogens is 6. The van der Waals surface area contributed by atoms with E-state index in [0.717, 1.165) is 11.3 Å². The summed E-state index contributed by atoms with van der Waals surface area (Å²) in [5.74, 6) is 0.721. The molecule has 9 heteroatoms. The van der Waals surface area contributed by atoms with Crippen molar-refractivity contribution in [2.45, 2.75) is 45.3 Å². The molecule has 4 rings (SSSR count). The van der Waals surface area contributed by atoms with Gasteiger partial charge >= 0.3 is 12.5 Å². The van der Waals surface area contributed by atoms with E-state index in [4.69, 9.17) is 27.9 Å². The lowest BCUT2D eigenvalue weighted by atomic mass is 9.93. The topological polar surface area (TPSA) is 30.5 Å². The highest BCUT2D eigenvalue weighted by Crippen LogP contribution is 2.42. The molecule has 3 aromatic carbocycles. The van der Waals surface area contributed by atoms with Crippen molar-refractivity contribution in [2.24, 2.45) is 0 Å². The molecule has 0 saturated heterocycles. The van der Waals surface area contributed by atoms with Crippen molar-refractivity contribution in [3.63, 3.8) is 0 Å². The molecular formula is C25H23Cl2F4NO2. The van der Waals surface area contributed by atoms with Crippen molar-refractivity contribution < 1.29 is 27.0 Å². The van der Waals surface area contributed by atoms with Crippen LogP contribution in [0, 0.1) is 0 Å². The highest BCUT2D eigenvalue weighted by molar-refractivity contribution is 6.42. The van der Waals surface area contributed by atoms with Crippen molar-refractivity contribution in [2.75, 3.05) is 5.32 Å². The van der Waals surface area contributed by atoms with Crippen LogP contribution in [0.2, 0.25) is 10.0 Å². The highest BCUT2D eigenvalue weighted by Gasteiger charge is 2.44. The third kappa shape index (κ3) is 5.88. The van der Waals surface area contributed by atoms with E-state index in [0.29, 0.717) is 39.9 Å². The van der Waals surface area contributed by atoms with Crippen LogP contribution in [0.4, 0.5) is 23.2 Å². The highest BCUT2D eigenvalue weighted by atomic mass is 35.5. The summed E-state index contributed by atoms with van der Waals surface area (Å²) in [6.45, 7) is 4.00. The average molecular weight is 516 g/mol. The van der Waals surface area contributed by atoms with Gasteiger partial charge in [0.2, 0.25) is 0 Å². The van der Waals surface area contributed by atoms with Crippen molar-refractivity contribution in [1.29, 1.82) is 0 Å². The molecule has 0 fully saturated rings. The zero-order chi connectivity index (χ0) is 24.9. The Bertz CT molecular complexity index is 1130. The van der Waals surface area contributed by atoms with Gasteiger partial charge in [0.05, 0.1) is 11.1 Å². The lowest BCUT2D eigenvalue weighted by Gasteiger charge is -2.29. The van der Waals surface area contributed by atoms with Gasteiger partial charge in [0.25, 0.3) is 0 Å². The zero-order valence-corrected chi connectivity index (χ0v) is 19.9. The Balaban J connectivity index is 0.00000158. The molecule has 3 aromatic rings. The normalized spacial score (nSPS) is 15.0. The molecule has 0 amide bonds. The lowest BCUT2D eigenvalue weighted by molar-refractivity contribution is -0.253. The van der Waals surface area contributed by atoms with E-state index in [1.165, 1.54) is 18.2 Å². The number of fused-ring (bicyclic) bond motifs is 1. The second-order valence-electron chi connectivity index (χ2n) is 7.21. The zero-order valence-electron chi connectivity index (χ0n) is 18.4. The van der Waals surface area contributed by atoms with Gasteiger partial charge in [0.1, 0.15) is 22.3 Å². The number of hydrogen-bond acceptors (Lipinski definition) is 3. The Labute approximate surface area is 205 Å². The third-order valence-corrected chi connectivity index (χ3v) is 5.85. The molecule has 0 aliphatic carbocycles. The van der Waals surface area contributed by atoms with Crippen LogP contribution < -0.4 is 14.8 Å². The molecule has 0 bridgehead atoms. The van der Waals surface area contributed by atoms with Gasteiger partial charge in [-0.3, -0.25) is 0 Å². The van der Waals surface area contributed by atoms with Crippen LogP contribution in [0.5, 0.6) is 17.2 Å². The van der Waals surface area contributed by atoms with E-state index in [2.05, 4.69) is 10.1 Å². The van der Waals surface area contributed by atoms with E-state index in [9.17, 15) is 17.6 Å². The number of benzene rings is 3. The Morgan fingerprint density at radius 1 is 0.971 bits per heavy atom. The molecule has 1 heterocycles.